The van der Waals surface area contributed by atoms with Gasteiger partial charge in [-0.1, -0.05) is 12.1 Å². The second-order valence-electron chi connectivity index (χ2n) is 4.08. The van der Waals surface area contributed by atoms with Crippen LogP contribution in [-0.4, -0.2) is 8.42 Å². The molecular weight excluding hydrogens is 272 g/mol. The second-order valence-corrected chi connectivity index (χ2v) is 6.03. The van der Waals surface area contributed by atoms with Gasteiger partial charge < -0.3 is 5.73 Å². The molecule has 0 aliphatic carbocycles. The van der Waals surface area contributed by atoms with Gasteiger partial charge in [0.05, 0.1) is 5.75 Å². The topological polar surface area (TPSA) is 60.2 Å². The first-order valence-corrected chi connectivity index (χ1v) is 7.06. The van der Waals surface area contributed by atoms with Crippen LogP contribution >= 0.6 is 0 Å². The van der Waals surface area contributed by atoms with Crippen molar-refractivity contribution in [2.75, 3.05) is 5.73 Å². The summed E-state index contributed by atoms with van der Waals surface area (Å²) in [6.07, 6.45) is 0. The van der Waals surface area contributed by atoms with Crippen LogP contribution in [0.5, 0.6) is 0 Å². The lowest BCUT2D eigenvalue weighted by Crippen LogP contribution is -2.07. The predicted molar refractivity (Wildman–Crippen MR) is 68.1 cm³/mol. The van der Waals surface area contributed by atoms with E-state index in [2.05, 4.69) is 0 Å². The molecule has 0 unspecified atom stereocenters. The van der Waals surface area contributed by atoms with Gasteiger partial charge in [0.1, 0.15) is 16.5 Å². The van der Waals surface area contributed by atoms with Crippen LogP contribution in [-0.2, 0) is 15.6 Å². The molecule has 6 heteroatoms. The molecule has 3 nitrogen and oxygen atoms in total. The van der Waals surface area contributed by atoms with Crippen molar-refractivity contribution in [1.29, 1.82) is 0 Å². The lowest BCUT2D eigenvalue weighted by atomic mass is 10.2. The fourth-order valence-electron chi connectivity index (χ4n) is 1.65. The molecule has 0 atom stereocenters. The second kappa shape index (κ2) is 4.97. The molecular formula is C13H11F2NO2S. The third kappa shape index (κ3) is 3.08. The fraction of sp³-hybridized carbons (Fsp3) is 0.0769. The largest absolute Gasteiger partial charge is 0.399 e. The summed E-state index contributed by atoms with van der Waals surface area (Å²) in [5.74, 6) is -1.74. The molecule has 0 aromatic heterocycles. The summed E-state index contributed by atoms with van der Waals surface area (Å²) in [5, 5.41) is 0. The Morgan fingerprint density at radius 1 is 1.00 bits per heavy atom. The zero-order valence-electron chi connectivity index (χ0n) is 9.81. The number of rotatable bonds is 3. The SMILES string of the molecule is Nc1ccc(S(=O)(=O)Cc2ccc(F)cc2)c(F)c1. The monoisotopic (exact) mass is 283 g/mol. The van der Waals surface area contributed by atoms with Gasteiger partial charge in [-0.25, -0.2) is 17.2 Å². The number of benzene rings is 2. The van der Waals surface area contributed by atoms with Gasteiger partial charge in [0.15, 0.2) is 9.84 Å². The highest BCUT2D eigenvalue weighted by atomic mass is 32.2. The van der Waals surface area contributed by atoms with Crippen molar-refractivity contribution >= 4 is 15.5 Å². The number of anilines is 1. The van der Waals surface area contributed by atoms with E-state index >= 15 is 0 Å². The van der Waals surface area contributed by atoms with Crippen molar-refractivity contribution in [3.63, 3.8) is 0 Å². The highest BCUT2D eigenvalue weighted by molar-refractivity contribution is 7.90. The minimum Gasteiger partial charge on any atom is -0.399 e. The van der Waals surface area contributed by atoms with Crippen LogP contribution in [0.3, 0.4) is 0 Å². The van der Waals surface area contributed by atoms with Crippen LogP contribution in [0.15, 0.2) is 47.4 Å². The van der Waals surface area contributed by atoms with E-state index in [1.807, 2.05) is 0 Å². The van der Waals surface area contributed by atoms with Gasteiger partial charge in [0.2, 0.25) is 0 Å². The Labute approximate surface area is 109 Å². The smallest absolute Gasteiger partial charge is 0.185 e. The van der Waals surface area contributed by atoms with E-state index in [1.54, 1.807) is 0 Å². The Morgan fingerprint density at radius 3 is 2.21 bits per heavy atom. The van der Waals surface area contributed by atoms with E-state index in [1.165, 1.54) is 18.2 Å². The van der Waals surface area contributed by atoms with E-state index in [0.717, 1.165) is 24.3 Å². The molecule has 2 N–H and O–H groups in total. The molecule has 19 heavy (non-hydrogen) atoms. The fourth-order valence-corrected chi connectivity index (χ4v) is 3.07. The molecule has 0 radical (unpaired) electrons. The summed E-state index contributed by atoms with van der Waals surface area (Å²) in [4.78, 5) is -0.411. The quantitative estimate of drug-likeness (QED) is 0.880. The summed E-state index contributed by atoms with van der Waals surface area (Å²) in [6, 6.07) is 8.42. The van der Waals surface area contributed by atoms with Crippen LogP contribution in [0.25, 0.3) is 0 Å². The van der Waals surface area contributed by atoms with Gasteiger partial charge >= 0.3 is 0 Å². The average molecular weight is 283 g/mol. The van der Waals surface area contributed by atoms with Gasteiger partial charge in [-0.3, -0.25) is 0 Å². The first-order chi connectivity index (χ1) is 8.88. The molecule has 0 aliphatic rings. The third-order valence-corrected chi connectivity index (χ3v) is 4.28. The Balaban J connectivity index is 2.35. The molecule has 0 aliphatic heterocycles. The van der Waals surface area contributed by atoms with Crippen molar-refractivity contribution in [2.24, 2.45) is 0 Å². The maximum Gasteiger partial charge on any atom is 0.185 e. The first kappa shape index (κ1) is 13.5. The van der Waals surface area contributed by atoms with Crippen LogP contribution in [0.4, 0.5) is 14.5 Å². The van der Waals surface area contributed by atoms with Crippen LogP contribution < -0.4 is 5.73 Å². The van der Waals surface area contributed by atoms with E-state index in [0.29, 0.717) is 5.56 Å². The summed E-state index contributed by atoms with van der Waals surface area (Å²) in [7, 11) is -3.83. The van der Waals surface area contributed by atoms with Crippen molar-refractivity contribution in [2.45, 2.75) is 10.6 Å². The first-order valence-electron chi connectivity index (χ1n) is 5.41. The molecule has 0 saturated heterocycles. The van der Waals surface area contributed by atoms with Crippen LogP contribution in [0.1, 0.15) is 5.56 Å². The minimum atomic E-state index is -3.83. The normalized spacial score (nSPS) is 11.5. The maximum atomic E-state index is 13.6. The van der Waals surface area contributed by atoms with Crippen molar-refractivity contribution in [1.82, 2.24) is 0 Å². The van der Waals surface area contributed by atoms with E-state index < -0.39 is 32.1 Å². The number of nitrogen functional groups attached to an aromatic ring is 1. The molecule has 0 bridgehead atoms. The number of hydrogen-bond acceptors (Lipinski definition) is 3. The number of nitrogens with two attached hydrogens (primary N) is 1. The van der Waals surface area contributed by atoms with E-state index in [9.17, 15) is 17.2 Å². The third-order valence-electron chi connectivity index (χ3n) is 2.56. The Kier molecular flexibility index (Phi) is 3.53. The van der Waals surface area contributed by atoms with E-state index in [-0.39, 0.29) is 5.69 Å². The molecule has 100 valence electrons. The molecule has 2 aromatic rings. The van der Waals surface area contributed by atoms with Crippen LogP contribution in [0.2, 0.25) is 0 Å². The molecule has 0 amide bonds. The predicted octanol–water partition coefficient (Wildman–Crippen LogP) is 2.52. The summed E-state index contributed by atoms with van der Waals surface area (Å²) in [6.45, 7) is 0. The molecule has 0 fully saturated rings. The van der Waals surface area contributed by atoms with Gasteiger partial charge in [-0.05, 0) is 35.9 Å². The lowest BCUT2D eigenvalue weighted by molar-refractivity contribution is 0.566. The zero-order valence-corrected chi connectivity index (χ0v) is 10.6. The highest BCUT2D eigenvalue weighted by Gasteiger charge is 2.19. The van der Waals surface area contributed by atoms with Gasteiger partial charge in [0.25, 0.3) is 0 Å². The number of hydrogen-bond donors (Lipinski definition) is 1. The van der Waals surface area contributed by atoms with Crippen molar-refractivity contribution < 1.29 is 17.2 Å². The zero-order chi connectivity index (χ0) is 14.0. The molecule has 0 saturated carbocycles. The summed E-state index contributed by atoms with van der Waals surface area (Å²) in [5.41, 5.74) is 5.90. The standard InChI is InChI=1S/C13H11F2NO2S/c14-10-3-1-9(2-4-10)8-19(17,18)13-6-5-11(16)7-12(13)15/h1-7H,8,16H2. The molecule has 0 spiro atoms. The van der Waals surface area contributed by atoms with Crippen LogP contribution in [0, 0.1) is 11.6 Å². The van der Waals surface area contributed by atoms with Gasteiger partial charge in [0, 0.05) is 5.69 Å². The number of sulfone groups is 1. The van der Waals surface area contributed by atoms with Crippen molar-refractivity contribution in [3.05, 3.63) is 59.7 Å². The summed E-state index contributed by atoms with van der Waals surface area (Å²) >= 11 is 0. The highest BCUT2D eigenvalue weighted by Crippen LogP contribution is 2.21. The molecule has 0 heterocycles. The number of halogens is 2. The van der Waals surface area contributed by atoms with Crippen molar-refractivity contribution in [3.8, 4) is 0 Å². The Bertz CT molecular complexity index is 697. The van der Waals surface area contributed by atoms with E-state index in [4.69, 9.17) is 5.73 Å². The lowest BCUT2D eigenvalue weighted by Gasteiger charge is -2.06. The average Bonchev–Trinajstić information content (AvgIpc) is 2.31. The van der Waals surface area contributed by atoms with Gasteiger partial charge in [-0.15, -0.1) is 0 Å². The van der Waals surface area contributed by atoms with Gasteiger partial charge in [-0.2, -0.15) is 0 Å². The summed E-state index contributed by atoms with van der Waals surface area (Å²) < 4.78 is 50.4. The minimum absolute atomic E-state index is 0.151. The molecule has 2 rings (SSSR count). The Morgan fingerprint density at radius 2 is 1.63 bits per heavy atom. The molecule has 2 aromatic carbocycles. The maximum absolute atomic E-state index is 13.6. The Hall–Kier alpha value is -1.95.